The molecule has 0 fully saturated rings. The molecule has 0 heterocycles. The fraction of sp³-hybridized carbons (Fsp3) is 0.364. The maximum Gasteiger partial charge on any atom is 0.251 e. The van der Waals surface area contributed by atoms with Crippen LogP contribution in [0.2, 0.25) is 0 Å². The number of hydrogen-bond acceptors (Lipinski definition) is 4. The molecule has 0 aliphatic heterocycles. The van der Waals surface area contributed by atoms with E-state index in [9.17, 15) is 9.59 Å². The monoisotopic (exact) mass is 384 g/mol. The third-order valence-corrected chi connectivity index (χ3v) is 3.81. The van der Waals surface area contributed by atoms with Crippen LogP contribution in [-0.2, 0) is 11.3 Å². The van der Waals surface area contributed by atoms with E-state index in [0.29, 0.717) is 30.9 Å². The Kier molecular flexibility index (Phi) is 7.58. The van der Waals surface area contributed by atoms with Crippen LogP contribution in [0, 0.1) is 0 Å². The molecule has 0 bridgehead atoms. The number of benzene rings is 2. The first kappa shape index (κ1) is 21.4. The van der Waals surface area contributed by atoms with Crippen LogP contribution in [0.25, 0.3) is 0 Å². The molecule has 150 valence electrons. The zero-order chi connectivity index (χ0) is 20.6. The molecule has 0 radical (unpaired) electrons. The van der Waals surface area contributed by atoms with Crippen molar-refractivity contribution >= 4 is 11.8 Å². The van der Waals surface area contributed by atoms with Gasteiger partial charge in [-0.3, -0.25) is 9.59 Å². The summed E-state index contributed by atoms with van der Waals surface area (Å²) in [6.07, 6.45) is 0. The van der Waals surface area contributed by atoms with Gasteiger partial charge < -0.3 is 20.1 Å². The van der Waals surface area contributed by atoms with Crippen molar-refractivity contribution in [2.75, 3.05) is 20.3 Å². The molecular weight excluding hydrogens is 356 g/mol. The minimum Gasteiger partial charge on any atom is -0.491 e. The molecule has 0 aliphatic carbocycles. The predicted molar refractivity (Wildman–Crippen MR) is 109 cm³/mol. The Bertz CT molecular complexity index is 795. The average Bonchev–Trinajstić information content (AvgIpc) is 2.65. The minimum absolute atomic E-state index is 0.162. The van der Waals surface area contributed by atoms with E-state index in [4.69, 9.17) is 9.47 Å². The van der Waals surface area contributed by atoms with Crippen LogP contribution >= 0.6 is 0 Å². The number of ether oxygens (including phenoxy) is 2. The number of carbonyl (C=O) groups excluding carboxylic acids is 2. The quantitative estimate of drug-likeness (QED) is 0.686. The van der Waals surface area contributed by atoms with Crippen molar-refractivity contribution in [2.24, 2.45) is 0 Å². The summed E-state index contributed by atoms with van der Waals surface area (Å²) in [6, 6.07) is 14.2. The van der Waals surface area contributed by atoms with Crippen molar-refractivity contribution in [3.8, 4) is 5.75 Å². The topological polar surface area (TPSA) is 76.7 Å². The second-order valence-electron chi connectivity index (χ2n) is 7.45. The maximum absolute atomic E-state index is 12.4. The van der Waals surface area contributed by atoms with Crippen molar-refractivity contribution in [2.45, 2.75) is 32.9 Å². The lowest BCUT2D eigenvalue weighted by molar-refractivity contribution is 0.0915. The highest BCUT2D eigenvalue weighted by Crippen LogP contribution is 2.13. The molecule has 2 N–H and O–H groups in total. The summed E-state index contributed by atoms with van der Waals surface area (Å²) in [4.78, 5) is 24.5. The van der Waals surface area contributed by atoms with Crippen molar-refractivity contribution in [1.82, 2.24) is 10.6 Å². The van der Waals surface area contributed by atoms with Gasteiger partial charge in [-0.2, -0.15) is 0 Å². The van der Waals surface area contributed by atoms with Gasteiger partial charge in [-0.25, -0.2) is 0 Å². The molecule has 6 heteroatoms. The van der Waals surface area contributed by atoms with Gasteiger partial charge in [0.2, 0.25) is 0 Å². The van der Waals surface area contributed by atoms with Crippen LogP contribution in [0.1, 0.15) is 47.1 Å². The van der Waals surface area contributed by atoms with Crippen LogP contribution in [0.15, 0.2) is 48.5 Å². The Hall–Kier alpha value is -2.86. The Labute approximate surface area is 166 Å². The largest absolute Gasteiger partial charge is 0.491 e. The van der Waals surface area contributed by atoms with Crippen molar-refractivity contribution < 1.29 is 19.1 Å². The second-order valence-corrected chi connectivity index (χ2v) is 7.45. The van der Waals surface area contributed by atoms with Crippen LogP contribution in [0.5, 0.6) is 5.75 Å². The number of nitrogens with one attached hydrogen (secondary N) is 2. The van der Waals surface area contributed by atoms with Gasteiger partial charge in [0.1, 0.15) is 12.4 Å². The zero-order valence-electron chi connectivity index (χ0n) is 16.9. The summed E-state index contributed by atoms with van der Waals surface area (Å²) in [5.74, 6) is 0.372. The number of hydrogen-bond donors (Lipinski definition) is 2. The summed E-state index contributed by atoms with van der Waals surface area (Å²) in [5.41, 5.74) is 1.64. The number of amides is 2. The first-order valence-corrected chi connectivity index (χ1v) is 9.20. The van der Waals surface area contributed by atoms with E-state index in [2.05, 4.69) is 10.6 Å². The molecule has 2 amide bonds. The number of rotatable bonds is 8. The smallest absolute Gasteiger partial charge is 0.251 e. The maximum atomic E-state index is 12.4. The molecule has 0 unspecified atom stereocenters. The molecule has 28 heavy (non-hydrogen) atoms. The highest BCUT2D eigenvalue weighted by molar-refractivity contribution is 5.98. The third-order valence-electron chi connectivity index (χ3n) is 3.81. The fourth-order valence-electron chi connectivity index (χ4n) is 2.46. The molecule has 2 aromatic rings. The summed E-state index contributed by atoms with van der Waals surface area (Å²) in [7, 11) is 1.62. The van der Waals surface area contributed by atoms with Crippen LogP contribution < -0.4 is 15.4 Å². The lowest BCUT2D eigenvalue weighted by atomic mass is 10.1. The van der Waals surface area contributed by atoms with Gasteiger partial charge >= 0.3 is 0 Å². The molecule has 0 aromatic heterocycles. The standard InChI is InChI=1S/C22H28N2O4/c1-22(2,3)24-21(26)18-10-8-17(9-11-18)20(25)23-15-16-6-5-7-19(14-16)28-13-12-27-4/h5-11,14H,12-13,15H2,1-4H3,(H,23,25)(H,24,26). The van der Waals surface area contributed by atoms with E-state index in [1.165, 1.54) is 0 Å². The zero-order valence-corrected chi connectivity index (χ0v) is 16.9. The van der Waals surface area contributed by atoms with Crippen molar-refractivity contribution in [3.63, 3.8) is 0 Å². The molecular formula is C22H28N2O4. The van der Waals surface area contributed by atoms with Crippen LogP contribution in [0.4, 0.5) is 0 Å². The van der Waals surface area contributed by atoms with E-state index in [-0.39, 0.29) is 17.4 Å². The summed E-state index contributed by atoms with van der Waals surface area (Å²) < 4.78 is 10.5. The molecule has 2 rings (SSSR count). The normalized spacial score (nSPS) is 11.0. The molecule has 0 saturated heterocycles. The first-order chi connectivity index (χ1) is 13.3. The number of methoxy groups -OCH3 is 1. The van der Waals surface area contributed by atoms with Gasteiger partial charge in [-0.05, 0) is 62.7 Å². The Morgan fingerprint density at radius 3 is 2.18 bits per heavy atom. The molecule has 0 saturated carbocycles. The summed E-state index contributed by atoms with van der Waals surface area (Å²) in [6.45, 7) is 7.14. The highest BCUT2D eigenvalue weighted by Gasteiger charge is 2.15. The van der Waals surface area contributed by atoms with E-state index in [1.807, 2.05) is 45.0 Å². The van der Waals surface area contributed by atoms with Crippen molar-refractivity contribution in [3.05, 3.63) is 65.2 Å². The lowest BCUT2D eigenvalue weighted by Gasteiger charge is -2.20. The van der Waals surface area contributed by atoms with E-state index in [0.717, 1.165) is 11.3 Å². The second kappa shape index (κ2) is 9.90. The van der Waals surface area contributed by atoms with Gasteiger partial charge in [0, 0.05) is 30.3 Å². The average molecular weight is 384 g/mol. The van der Waals surface area contributed by atoms with Gasteiger partial charge in [-0.15, -0.1) is 0 Å². The SMILES string of the molecule is COCCOc1cccc(CNC(=O)c2ccc(C(=O)NC(C)(C)C)cc2)c1. The van der Waals surface area contributed by atoms with Gasteiger partial charge in [-0.1, -0.05) is 12.1 Å². The van der Waals surface area contributed by atoms with Gasteiger partial charge in [0.25, 0.3) is 11.8 Å². The minimum atomic E-state index is -0.311. The predicted octanol–water partition coefficient (Wildman–Crippen LogP) is 3.17. The highest BCUT2D eigenvalue weighted by atomic mass is 16.5. The van der Waals surface area contributed by atoms with E-state index < -0.39 is 0 Å². The van der Waals surface area contributed by atoms with Gasteiger partial charge in [0.05, 0.1) is 6.61 Å². The van der Waals surface area contributed by atoms with E-state index in [1.54, 1.807) is 31.4 Å². The fourth-order valence-corrected chi connectivity index (χ4v) is 2.46. The molecule has 6 nitrogen and oxygen atoms in total. The molecule has 0 atom stereocenters. The van der Waals surface area contributed by atoms with Gasteiger partial charge in [0.15, 0.2) is 0 Å². The Morgan fingerprint density at radius 2 is 1.57 bits per heavy atom. The molecule has 0 spiro atoms. The third kappa shape index (κ3) is 7.04. The first-order valence-electron chi connectivity index (χ1n) is 9.20. The lowest BCUT2D eigenvalue weighted by Crippen LogP contribution is -2.40. The number of carbonyl (C=O) groups is 2. The van der Waals surface area contributed by atoms with Crippen LogP contribution in [-0.4, -0.2) is 37.7 Å². The summed E-state index contributed by atoms with van der Waals surface area (Å²) in [5, 5.41) is 5.77. The van der Waals surface area contributed by atoms with Crippen molar-refractivity contribution in [1.29, 1.82) is 0 Å². The van der Waals surface area contributed by atoms with Crippen LogP contribution in [0.3, 0.4) is 0 Å². The Balaban J connectivity index is 1.91. The molecule has 0 aliphatic rings. The van der Waals surface area contributed by atoms with E-state index >= 15 is 0 Å². The molecule has 2 aromatic carbocycles. The summed E-state index contributed by atoms with van der Waals surface area (Å²) >= 11 is 0. The Morgan fingerprint density at radius 1 is 0.929 bits per heavy atom.